The predicted molar refractivity (Wildman–Crippen MR) is 77.2 cm³/mol. The number of aromatic nitrogens is 2. The van der Waals surface area contributed by atoms with Crippen LogP contribution in [0.5, 0.6) is 17.6 Å². The molecule has 1 aromatic carbocycles. The first-order valence-electron chi connectivity index (χ1n) is 6.66. The Morgan fingerprint density at radius 3 is 2.55 bits per heavy atom. The lowest BCUT2D eigenvalue weighted by molar-refractivity contribution is 0.317. The first-order valence-corrected chi connectivity index (χ1v) is 6.66. The molecule has 5 nitrogen and oxygen atoms in total. The third-order valence-corrected chi connectivity index (χ3v) is 2.67. The molecular weight excluding hydrogens is 254 g/mol. The number of ether oxygens (including phenoxy) is 2. The maximum absolute atomic E-state index is 5.65. The lowest BCUT2D eigenvalue weighted by atomic mass is 10.1. The molecule has 0 fully saturated rings. The van der Waals surface area contributed by atoms with Crippen molar-refractivity contribution in [2.24, 2.45) is 5.73 Å². The topological polar surface area (TPSA) is 70.3 Å². The summed E-state index contributed by atoms with van der Waals surface area (Å²) in [5, 5.41) is 0. The quantitative estimate of drug-likeness (QED) is 0.875. The van der Waals surface area contributed by atoms with Crippen molar-refractivity contribution >= 4 is 0 Å². The van der Waals surface area contributed by atoms with Crippen LogP contribution in [-0.4, -0.2) is 23.1 Å². The summed E-state index contributed by atoms with van der Waals surface area (Å²) in [5.41, 5.74) is 7.50. The van der Waals surface area contributed by atoms with Gasteiger partial charge in [-0.2, -0.15) is 9.97 Å². The molecule has 2 rings (SSSR count). The van der Waals surface area contributed by atoms with Crippen molar-refractivity contribution in [3.63, 3.8) is 0 Å². The van der Waals surface area contributed by atoms with Gasteiger partial charge < -0.3 is 15.2 Å². The average molecular weight is 273 g/mol. The van der Waals surface area contributed by atoms with E-state index < -0.39 is 0 Å². The summed E-state index contributed by atoms with van der Waals surface area (Å²) in [6, 6.07) is 9.82. The van der Waals surface area contributed by atoms with E-state index in [2.05, 4.69) is 9.97 Å². The van der Waals surface area contributed by atoms with Crippen molar-refractivity contribution in [2.45, 2.75) is 20.3 Å². The Kier molecular flexibility index (Phi) is 4.90. The Balaban J connectivity index is 2.12. The van der Waals surface area contributed by atoms with Crippen LogP contribution in [0.2, 0.25) is 0 Å². The summed E-state index contributed by atoms with van der Waals surface area (Å²) in [7, 11) is 0. The van der Waals surface area contributed by atoms with Crippen LogP contribution in [0, 0.1) is 6.92 Å². The van der Waals surface area contributed by atoms with E-state index in [1.807, 2.05) is 38.1 Å². The molecule has 5 heteroatoms. The van der Waals surface area contributed by atoms with Crippen molar-refractivity contribution in [3.05, 3.63) is 41.6 Å². The first kappa shape index (κ1) is 14.3. The molecule has 0 bridgehead atoms. The second kappa shape index (κ2) is 6.86. The summed E-state index contributed by atoms with van der Waals surface area (Å²) in [5.74, 6) is 1.22. The number of benzene rings is 1. The molecular formula is C15H19N3O2. The number of hydrogen-bond donors (Lipinski definition) is 1. The average Bonchev–Trinajstić information content (AvgIpc) is 2.41. The minimum atomic E-state index is 0.292. The highest BCUT2D eigenvalue weighted by Crippen LogP contribution is 2.21. The fourth-order valence-corrected chi connectivity index (χ4v) is 1.78. The molecule has 0 spiro atoms. The van der Waals surface area contributed by atoms with Gasteiger partial charge in [0.2, 0.25) is 5.88 Å². The van der Waals surface area contributed by atoms with Gasteiger partial charge in [-0.15, -0.1) is 0 Å². The monoisotopic (exact) mass is 273 g/mol. The number of hydrogen-bond acceptors (Lipinski definition) is 5. The van der Waals surface area contributed by atoms with E-state index in [-0.39, 0.29) is 0 Å². The molecule has 0 atom stereocenters. The van der Waals surface area contributed by atoms with Gasteiger partial charge in [0.1, 0.15) is 5.75 Å². The number of nitrogens with zero attached hydrogens (tertiary/aromatic N) is 2. The van der Waals surface area contributed by atoms with E-state index >= 15 is 0 Å². The fourth-order valence-electron chi connectivity index (χ4n) is 1.78. The zero-order valence-corrected chi connectivity index (χ0v) is 11.8. The summed E-state index contributed by atoms with van der Waals surface area (Å²) in [4.78, 5) is 8.44. The maximum Gasteiger partial charge on any atom is 0.325 e. The molecule has 0 aliphatic carbocycles. The van der Waals surface area contributed by atoms with E-state index in [4.69, 9.17) is 15.2 Å². The van der Waals surface area contributed by atoms with Gasteiger partial charge in [0.25, 0.3) is 0 Å². The Bertz CT molecular complexity index is 556. The van der Waals surface area contributed by atoms with E-state index in [1.165, 1.54) is 5.56 Å². The van der Waals surface area contributed by atoms with Crippen molar-refractivity contribution in [1.82, 2.24) is 9.97 Å². The molecule has 2 aromatic rings. The number of rotatable bonds is 6. The van der Waals surface area contributed by atoms with Crippen LogP contribution in [0.3, 0.4) is 0 Å². The lowest BCUT2D eigenvalue weighted by Gasteiger charge is -2.08. The number of aryl methyl sites for hydroxylation is 1. The molecule has 1 heterocycles. The Morgan fingerprint density at radius 2 is 1.90 bits per heavy atom. The minimum Gasteiger partial charge on any atom is -0.478 e. The lowest BCUT2D eigenvalue weighted by Crippen LogP contribution is -2.02. The van der Waals surface area contributed by atoms with Gasteiger partial charge >= 0.3 is 6.01 Å². The fraction of sp³-hybridized carbons (Fsp3) is 0.333. The van der Waals surface area contributed by atoms with Crippen molar-refractivity contribution < 1.29 is 9.47 Å². The van der Waals surface area contributed by atoms with Crippen molar-refractivity contribution in [2.75, 3.05) is 13.2 Å². The van der Waals surface area contributed by atoms with Crippen LogP contribution in [0.1, 0.15) is 18.2 Å². The minimum absolute atomic E-state index is 0.292. The van der Waals surface area contributed by atoms with Gasteiger partial charge in [-0.3, -0.25) is 0 Å². The molecule has 1 aromatic heterocycles. The standard InChI is InChI=1S/C15H19N3O2/c1-3-19-14-10-11(2)17-15(18-14)20-13-6-4-12(5-7-13)8-9-16/h4-7,10H,3,8-9,16H2,1-2H3. The molecule has 20 heavy (non-hydrogen) atoms. The highest BCUT2D eigenvalue weighted by atomic mass is 16.5. The van der Waals surface area contributed by atoms with E-state index in [0.717, 1.165) is 12.1 Å². The Hall–Kier alpha value is -2.14. The van der Waals surface area contributed by atoms with Gasteiger partial charge in [0, 0.05) is 11.8 Å². The van der Waals surface area contributed by atoms with E-state index in [0.29, 0.717) is 30.8 Å². The summed E-state index contributed by atoms with van der Waals surface area (Å²) in [6.07, 6.45) is 0.857. The molecule has 0 saturated heterocycles. The number of nitrogens with two attached hydrogens (primary N) is 1. The summed E-state index contributed by atoms with van der Waals surface area (Å²) in [6.45, 7) is 4.98. The molecule has 0 unspecified atom stereocenters. The van der Waals surface area contributed by atoms with Crippen LogP contribution in [0.4, 0.5) is 0 Å². The van der Waals surface area contributed by atoms with Gasteiger partial charge in [0.15, 0.2) is 0 Å². The van der Waals surface area contributed by atoms with E-state index in [9.17, 15) is 0 Å². The van der Waals surface area contributed by atoms with Crippen LogP contribution in [0.25, 0.3) is 0 Å². The zero-order valence-electron chi connectivity index (χ0n) is 11.8. The zero-order chi connectivity index (χ0) is 14.4. The van der Waals surface area contributed by atoms with E-state index in [1.54, 1.807) is 6.07 Å². The molecule has 0 aliphatic rings. The molecule has 2 N–H and O–H groups in total. The van der Waals surface area contributed by atoms with Crippen molar-refractivity contribution in [1.29, 1.82) is 0 Å². The smallest absolute Gasteiger partial charge is 0.325 e. The third kappa shape index (κ3) is 3.93. The van der Waals surface area contributed by atoms with Gasteiger partial charge in [0.05, 0.1) is 6.61 Å². The second-order valence-electron chi connectivity index (χ2n) is 4.35. The Labute approximate surface area is 118 Å². The predicted octanol–water partition coefficient (Wildman–Crippen LogP) is 2.48. The Morgan fingerprint density at radius 1 is 1.15 bits per heavy atom. The van der Waals surface area contributed by atoms with Crippen molar-refractivity contribution in [3.8, 4) is 17.6 Å². The largest absolute Gasteiger partial charge is 0.478 e. The van der Waals surface area contributed by atoms with Crippen LogP contribution >= 0.6 is 0 Å². The molecule has 0 aliphatic heterocycles. The molecule has 0 saturated carbocycles. The molecule has 0 amide bonds. The SMILES string of the molecule is CCOc1cc(C)nc(Oc2ccc(CCN)cc2)n1. The normalized spacial score (nSPS) is 10.3. The van der Waals surface area contributed by atoms with Gasteiger partial charge in [-0.1, -0.05) is 12.1 Å². The molecule has 0 radical (unpaired) electrons. The second-order valence-corrected chi connectivity index (χ2v) is 4.35. The third-order valence-electron chi connectivity index (χ3n) is 2.67. The van der Waals surface area contributed by atoms with Crippen LogP contribution in [-0.2, 0) is 6.42 Å². The highest BCUT2D eigenvalue weighted by Gasteiger charge is 2.05. The molecule has 106 valence electrons. The van der Waals surface area contributed by atoms with Crippen LogP contribution < -0.4 is 15.2 Å². The van der Waals surface area contributed by atoms with Gasteiger partial charge in [-0.05, 0) is 44.5 Å². The highest BCUT2D eigenvalue weighted by molar-refractivity contribution is 5.30. The summed E-state index contributed by atoms with van der Waals surface area (Å²) < 4.78 is 11.0. The first-order chi connectivity index (χ1) is 9.71. The van der Waals surface area contributed by atoms with Crippen LogP contribution in [0.15, 0.2) is 30.3 Å². The maximum atomic E-state index is 5.65. The summed E-state index contributed by atoms with van der Waals surface area (Å²) >= 11 is 0. The van der Waals surface area contributed by atoms with Gasteiger partial charge in [-0.25, -0.2) is 0 Å².